The van der Waals surface area contributed by atoms with Crippen LogP contribution in [0, 0.1) is 0 Å². The fraction of sp³-hybridized carbons (Fsp3) is 0. The van der Waals surface area contributed by atoms with E-state index in [9.17, 15) is 4.79 Å². The zero-order valence-corrected chi connectivity index (χ0v) is 8.79. The molecule has 0 saturated heterocycles. The lowest BCUT2D eigenvalue weighted by Crippen LogP contribution is -2.10. The van der Waals surface area contributed by atoms with Gasteiger partial charge in [-0.2, -0.15) is 5.10 Å². The Bertz CT molecular complexity index is 575. The molecule has 0 aliphatic carbocycles. The molecule has 0 amide bonds. The van der Waals surface area contributed by atoms with Crippen molar-refractivity contribution in [3.63, 3.8) is 0 Å². The average Bonchev–Trinajstić information content (AvgIpc) is 2.32. The van der Waals surface area contributed by atoms with Crippen LogP contribution >= 0.6 is 0 Å². The maximum atomic E-state index is 10.9. The number of nitrogens with one attached hydrogen (secondary N) is 2. The Morgan fingerprint density at radius 1 is 1.29 bits per heavy atom. The van der Waals surface area contributed by atoms with Gasteiger partial charge in [0, 0.05) is 6.20 Å². The van der Waals surface area contributed by atoms with Crippen LogP contribution in [0.5, 0.6) is 5.75 Å². The Kier molecular flexibility index (Phi) is 3.15. The van der Waals surface area contributed by atoms with E-state index in [2.05, 4.69) is 20.5 Å². The number of hydrogen-bond donors (Lipinski definition) is 3. The van der Waals surface area contributed by atoms with Crippen molar-refractivity contribution in [2.75, 3.05) is 5.43 Å². The first-order valence-corrected chi connectivity index (χ1v) is 4.87. The summed E-state index contributed by atoms with van der Waals surface area (Å²) in [5.41, 5.74) is 3.05. The Labute approximate surface area is 96.7 Å². The molecule has 1 heterocycles. The summed E-state index contributed by atoms with van der Waals surface area (Å²) >= 11 is 0. The first-order chi connectivity index (χ1) is 8.24. The van der Waals surface area contributed by atoms with Gasteiger partial charge in [-0.25, -0.2) is 9.78 Å². The van der Waals surface area contributed by atoms with E-state index in [1.807, 2.05) is 0 Å². The number of H-pyrrole nitrogens is 1. The average molecular weight is 230 g/mol. The molecule has 0 aliphatic heterocycles. The molecule has 3 N–H and O–H groups in total. The highest BCUT2D eigenvalue weighted by molar-refractivity contribution is 5.80. The summed E-state index contributed by atoms with van der Waals surface area (Å²) in [5, 5.41) is 13.0. The van der Waals surface area contributed by atoms with Crippen molar-refractivity contribution in [3.8, 4) is 5.75 Å². The van der Waals surface area contributed by atoms with Crippen molar-refractivity contribution in [1.82, 2.24) is 9.97 Å². The minimum atomic E-state index is -0.435. The molecule has 0 radical (unpaired) electrons. The highest BCUT2D eigenvalue weighted by atomic mass is 16.3. The molecule has 0 saturated carbocycles. The second-order valence-corrected chi connectivity index (χ2v) is 3.25. The molecule has 0 fully saturated rings. The lowest BCUT2D eigenvalue weighted by molar-refractivity contribution is 0.475. The van der Waals surface area contributed by atoms with Gasteiger partial charge in [0.25, 0.3) is 0 Å². The third kappa shape index (κ3) is 3.16. The fourth-order valence-corrected chi connectivity index (χ4v) is 1.17. The van der Waals surface area contributed by atoms with E-state index in [0.717, 1.165) is 5.56 Å². The first kappa shape index (κ1) is 10.9. The summed E-state index contributed by atoms with van der Waals surface area (Å²) in [6, 6.07) is 8.16. The van der Waals surface area contributed by atoms with E-state index in [-0.39, 0.29) is 5.75 Å². The maximum absolute atomic E-state index is 10.9. The Balaban J connectivity index is 2.02. The number of aromatic nitrogens is 2. The van der Waals surface area contributed by atoms with Gasteiger partial charge >= 0.3 is 5.69 Å². The number of hydrazone groups is 1. The number of benzene rings is 1. The SMILES string of the molecule is O=c1nccc(N/N=C\c2ccc(O)cc2)[nH]1. The van der Waals surface area contributed by atoms with Gasteiger partial charge in [-0.15, -0.1) is 0 Å². The number of aromatic amines is 1. The van der Waals surface area contributed by atoms with Crippen LogP contribution in [0.2, 0.25) is 0 Å². The van der Waals surface area contributed by atoms with Gasteiger partial charge in [-0.05, 0) is 35.9 Å². The Hall–Kier alpha value is -2.63. The van der Waals surface area contributed by atoms with Crippen LogP contribution in [0.3, 0.4) is 0 Å². The number of aromatic hydroxyl groups is 1. The number of nitrogens with zero attached hydrogens (tertiary/aromatic N) is 2. The third-order valence-electron chi connectivity index (χ3n) is 1.97. The van der Waals surface area contributed by atoms with Gasteiger partial charge in [0.1, 0.15) is 11.6 Å². The van der Waals surface area contributed by atoms with Crippen LogP contribution < -0.4 is 11.1 Å². The monoisotopic (exact) mass is 230 g/mol. The third-order valence-corrected chi connectivity index (χ3v) is 1.97. The van der Waals surface area contributed by atoms with Gasteiger partial charge in [0.05, 0.1) is 6.21 Å². The van der Waals surface area contributed by atoms with Crippen LogP contribution in [-0.4, -0.2) is 21.3 Å². The fourth-order valence-electron chi connectivity index (χ4n) is 1.17. The largest absolute Gasteiger partial charge is 0.508 e. The lowest BCUT2D eigenvalue weighted by Gasteiger charge is -1.98. The van der Waals surface area contributed by atoms with Crippen molar-refractivity contribution >= 4 is 12.0 Å². The van der Waals surface area contributed by atoms with Gasteiger partial charge < -0.3 is 5.11 Å². The summed E-state index contributed by atoms with van der Waals surface area (Å²) < 4.78 is 0. The minimum Gasteiger partial charge on any atom is -0.508 e. The van der Waals surface area contributed by atoms with Gasteiger partial charge in [0.2, 0.25) is 0 Å². The zero-order chi connectivity index (χ0) is 12.1. The molecule has 1 aromatic heterocycles. The van der Waals surface area contributed by atoms with Crippen molar-refractivity contribution in [1.29, 1.82) is 0 Å². The van der Waals surface area contributed by atoms with Gasteiger partial charge in [-0.3, -0.25) is 10.4 Å². The number of phenols is 1. The molecule has 2 rings (SSSR count). The molecule has 2 aromatic rings. The lowest BCUT2D eigenvalue weighted by atomic mass is 10.2. The molecule has 0 unspecified atom stereocenters. The van der Waals surface area contributed by atoms with E-state index >= 15 is 0 Å². The second kappa shape index (κ2) is 4.93. The number of rotatable bonds is 3. The van der Waals surface area contributed by atoms with E-state index < -0.39 is 5.69 Å². The quantitative estimate of drug-likeness (QED) is 0.540. The smallest absolute Gasteiger partial charge is 0.346 e. The van der Waals surface area contributed by atoms with Crippen molar-refractivity contribution in [2.24, 2.45) is 5.10 Å². The number of hydrogen-bond acceptors (Lipinski definition) is 5. The summed E-state index contributed by atoms with van der Waals surface area (Å²) in [6.45, 7) is 0. The van der Waals surface area contributed by atoms with Crippen molar-refractivity contribution in [3.05, 3.63) is 52.6 Å². The van der Waals surface area contributed by atoms with E-state index in [1.54, 1.807) is 36.5 Å². The summed E-state index contributed by atoms with van der Waals surface area (Å²) in [5.74, 6) is 0.661. The highest BCUT2D eigenvalue weighted by Gasteiger charge is 1.91. The number of anilines is 1. The first-order valence-electron chi connectivity index (χ1n) is 4.87. The Morgan fingerprint density at radius 3 is 2.76 bits per heavy atom. The molecule has 6 nitrogen and oxygen atoms in total. The van der Waals surface area contributed by atoms with E-state index in [4.69, 9.17) is 5.11 Å². The standard InChI is InChI=1S/C11H10N4O2/c16-9-3-1-8(2-4-9)7-13-15-10-5-6-12-11(17)14-10/h1-7,16H,(H2,12,14,15,17)/b13-7-. The molecular weight excluding hydrogens is 220 g/mol. The summed E-state index contributed by atoms with van der Waals surface area (Å²) in [6.07, 6.45) is 2.95. The van der Waals surface area contributed by atoms with Crippen LogP contribution in [-0.2, 0) is 0 Å². The predicted molar refractivity (Wildman–Crippen MR) is 64.2 cm³/mol. The molecule has 6 heteroatoms. The normalized spacial score (nSPS) is 10.6. The van der Waals surface area contributed by atoms with E-state index in [0.29, 0.717) is 5.82 Å². The van der Waals surface area contributed by atoms with Crippen molar-refractivity contribution < 1.29 is 5.11 Å². The number of phenolic OH excluding ortho intramolecular Hbond substituents is 1. The Morgan fingerprint density at radius 2 is 2.06 bits per heavy atom. The van der Waals surface area contributed by atoms with Gasteiger partial charge in [-0.1, -0.05) is 0 Å². The minimum absolute atomic E-state index is 0.202. The second-order valence-electron chi connectivity index (χ2n) is 3.25. The molecule has 1 aromatic carbocycles. The molecule has 0 bridgehead atoms. The molecular formula is C11H10N4O2. The molecule has 0 spiro atoms. The molecule has 17 heavy (non-hydrogen) atoms. The molecule has 86 valence electrons. The summed E-state index contributed by atoms with van der Waals surface area (Å²) in [4.78, 5) is 16.8. The van der Waals surface area contributed by atoms with Crippen LogP contribution in [0.25, 0.3) is 0 Å². The van der Waals surface area contributed by atoms with Crippen molar-refractivity contribution in [2.45, 2.75) is 0 Å². The molecule has 0 aliphatic rings. The van der Waals surface area contributed by atoms with E-state index in [1.165, 1.54) is 6.20 Å². The molecule has 0 atom stereocenters. The van der Waals surface area contributed by atoms with Crippen LogP contribution in [0.15, 0.2) is 46.4 Å². The highest BCUT2D eigenvalue weighted by Crippen LogP contribution is 2.07. The van der Waals surface area contributed by atoms with Crippen LogP contribution in [0.1, 0.15) is 5.56 Å². The summed E-state index contributed by atoms with van der Waals surface area (Å²) in [7, 11) is 0. The van der Waals surface area contributed by atoms with Gasteiger partial charge in [0.15, 0.2) is 0 Å². The maximum Gasteiger partial charge on any atom is 0.346 e. The topological polar surface area (TPSA) is 90.4 Å². The van der Waals surface area contributed by atoms with Crippen LogP contribution in [0.4, 0.5) is 5.82 Å². The predicted octanol–water partition coefficient (Wildman–Crippen LogP) is 0.921. The zero-order valence-electron chi connectivity index (χ0n) is 8.79.